The topological polar surface area (TPSA) is 59.0 Å². The van der Waals surface area contributed by atoms with Crippen molar-refractivity contribution in [1.82, 2.24) is 20.4 Å². The van der Waals surface area contributed by atoms with Gasteiger partial charge in [0.15, 0.2) is 0 Å². The second kappa shape index (κ2) is 10.2. The lowest BCUT2D eigenvalue weighted by Crippen LogP contribution is -2.37. The van der Waals surface area contributed by atoms with E-state index in [1.807, 2.05) is 4.68 Å². The minimum atomic E-state index is -0.106. The summed E-state index contributed by atoms with van der Waals surface area (Å²) in [4.78, 5) is 12.5. The van der Waals surface area contributed by atoms with Gasteiger partial charge in [0.2, 0.25) is 0 Å². The summed E-state index contributed by atoms with van der Waals surface area (Å²) < 4.78 is 1.96. The Labute approximate surface area is 158 Å². The molecule has 0 spiro atoms. The van der Waals surface area contributed by atoms with Crippen LogP contribution in [0.25, 0.3) is 0 Å². The Morgan fingerprint density at radius 2 is 1.84 bits per heavy atom. The van der Waals surface area contributed by atoms with Crippen LogP contribution in [0.5, 0.6) is 0 Å². The average Bonchev–Trinajstić information content (AvgIpc) is 2.81. The number of nitrogens with one attached hydrogen (secondary N) is 2. The fourth-order valence-electron chi connectivity index (χ4n) is 3.51. The maximum Gasteiger partial charge on any atom is 0.254 e. The average molecular weight is 371 g/mol. The van der Waals surface area contributed by atoms with Crippen molar-refractivity contribution in [3.63, 3.8) is 0 Å². The summed E-state index contributed by atoms with van der Waals surface area (Å²) in [5.41, 5.74) is 1.61. The molecule has 0 aromatic carbocycles. The van der Waals surface area contributed by atoms with Gasteiger partial charge < -0.3 is 10.6 Å². The quantitative estimate of drug-likeness (QED) is 0.593. The molecule has 1 fully saturated rings. The van der Waals surface area contributed by atoms with Crippen LogP contribution in [0.15, 0.2) is 6.20 Å². The van der Waals surface area contributed by atoms with E-state index < -0.39 is 0 Å². The van der Waals surface area contributed by atoms with Gasteiger partial charge in [-0.05, 0) is 40.0 Å². The molecule has 1 aromatic rings. The first-order chi connectivity index (χ1) is 11.4. The van der Waals surface area contributed by atoms with Gasteiger partial charge >= 0.3 is 0 Å². The summed E-state index contributed by atoms with van der Waals surface area (Å²) in [5, 5.41) is 11.1. The molecule has 5 nitrogen and oxygen atoms in total. The number of amides is 1. The van der Waals surface area contributed by atoms with Crippen LogP contribution >= 0.6 is 12.4 Å². The Kier molecular flexibility index (Phi) is 8.94. The van der Waals surface area contributed by atoms with Crippen molar-refractivity contribution in [3.8, 4) is 0 Å². The van der Waals surface area contributed by atoms with Crippen molar-refractivity contribution >= 4 is 18.3 Å². The highest BCUT2D eigenvalue weighted by Gasteiger charge is 2.22. The fourth-order valence-corrected chi connectivity index (χ4v) is 3.51. The third kappa shape index (κ3) is 6.30. The first-order valence-electron chi connectivity index (χ1n) is 9.52. The molecule has 25 heavy (non-hydrogen) atoms. The molecule has 0 aliphatic heterocycles. The van der Waals surface area contributed by atoms with Crippen LogP contribution in [-0.2, 0) is 12.0 Å². The third-order valence-electron chi connectivity index (χ3n) is 4.78. The molecule has 1 amide bonds. The maximum absolute atomic E-state index is 12.5. The molecule has 1 aliphatic carbocycles. The Balaban J connectivity index is 0.00000312. The van der Waals surface area contributed by atoms with E-state index in [9.17, 15) is 4.79 Å². The molecule has 1 heterocycles. The van der Waals surface area contributed by atoms with Crippen molar-refractivity contribution in [2.45, 2.75) is 84.2 Å². The van der Waals surface area contributed by atoms with Crippen LogP contribution in [0.1, 0.15) is 82.3 Å². The van der Waals surface area contributed by atoms with Gasteiger partial charge in [-0.15, -0.1) is 12.4 Å². The van der Waals surface area contributed by atoms with Crippen LogP contribution in [0.3, 0.4) is 0 Å². The zero-order valence-corrected chi connectivity index (χ0v) is 17.0. The molecule has 2 rings (SSSR count). The van der Waals surface area contributed by atoms with Gasteiger partial charge in [-0.3, -0.25) is 9.48 Å². The second-order valence-corrected chi connectivity index (χ2v) is 7.84. The SMILES string of the molecule is CCc1c(C(=O)NCCNC2CCCCCC2)cnn1C(C)(C)C.Cl. The van der Waals surface area contributed by atoms with E-state index in [-0.39, 0.29) is 23.9 Å². The first-order valence-corrected chi connectivity index (χ1v) is 9.52. The summed E-state index contributed by atoms with van der Waals surface area (Å²) in [6.07, 6.45) is 10.4. The summed E-state index contributed by atoms with van der Waals surface area (Å²) in [6, 6.07) is 0.624. The molecular formula is C19H35ClN4O. The van der Waals surface area contributed by atoms with E-state index in [1.54, 1.807) is 6.20 Å². The highest BCUT2D eigenvalue weighted by Crippen LogP contribution is 2.20. The van der Waals surface area contributed by atoms with E-state index >= 15 is 0 Å². The molecule has 1 aliphatic rings. The lowest BCUT2D eigenvalue weighted by atomic mass is 10.1. The highest BCUT2D eigenvalue weighted by molar-refractivity contribution is 5.95. The van der Waals surface area contributed by atoms with Crippen molar-refractivity contribution in [2.75, 3.05) is 13.1 Å². The molecule has 0 saturated heterocycles. The summed E-state index contributed by atoms with van der Waals surface area (Å²) >= 11 is 0. The normalized spacial score (nSPS) is 16.2. The minimum absolute atomic E-state index is 0. The molecule has 0 radical (unpaired) electrons. The van der Waals surface area contributed by atoms with Gasteiger partial charge in [0.1, 0.15) is 0 Å². The number of aromatic nitrogens is 2. The Hall–Kier alpha value is -1.07. The Bertz CT molecular complexity index is 528. The zero-order chi connectivity index (χ0) is 17.6. The Morgan fingerprint density at radius 3 is 2.40 bits per heavy atom. The number of hydrogen-bond acceptors (Lipinski definition) is 3. The van der Waals surface area contributed by atoms with E-state index in [0.29, 0.717) is 18.2 Å². The van der Waals surface area contributed by atoms with Crippen LogP contribution < -0.4 is 10.6 Å². The number of halogens is 1. The van der Waals surface area contributed by atoms with Crippen molar-refractivity contribution in [2.24, 2.45) is 0 Å². The van der Waals surface area contributed by atoms with Gasteiger partial charge in [0.05, 0.1) is 23.0 Å². The largest absolute Gasteiger partial charge is 0.351 e. The zero-order valence-electron chi connectivity index (χ0n) is 16.2. The molecule has 144 valence electrons. The number of hydrogen-bond donors (Lipinski definition) is 2. The van der Waals surface area contributed by atoms with Crippen molar-refractivity contribution < 1.29 is 4.79 Å². The predicted molar refractivity (Wildman–Crippen MR) is 106 cm³/mol. The lowest BCUT2D eigenvalue weighted by Gasteiger charge is -2.22. The molecule has 2 N–H and O–H groups in total. The number of nitrogens with zero attached hydrogens (tertiary/aromatic N) is 2. The molecular weight excluding hydrogens is 336 g/mol. The standard InChI is InChI=1S/C19H34N4O.ClH/c1-5-17-16(14-22-23(17)19(2,3)4)18(24)21-13-12-20-15-10-8-6-7-9-11-15;/h14-15,20H,5-13H2,1-4H3,(H,21,24);1H. The van der Waals surface area contributed by atoms with Gasteiger partial charge in [-0.25, -0.2) is 0 Å². The monoisotopic (exact) mass is 370 g/mol. The molecule has 1 saturated carbocycles. The van der Waals surface area contributed by atoms with E-state index in [0.717, 1.165) is 18.7 Å². The third-order valence-corrected chi connectivity index (χ3v) is 4.78. The summed E-state index contributed by atoms with van der Waals surface area (Å²) in [7, 11) is 0. The van der Waals surface area contributed by atoms with E-state index in [1.165, 1.54) is 38.5 Å². The van der Waals surface area contributed by atoms with Gasteiger partial charge in [-0.1, -0.05) is 32.6 Å². The number of carbonyl (C=O) groups is 1. The van der Waals surface area contributed by atoms with Gasteiger partial charge in [0.25, 0.3) is 5.91 Å². The van der Waals surface area contributed by atoms with Crippen LogP contribution in [0, 0.1) is 0 Å². The lowest BCUT2D eigenvalue weighted by molar-refractivity contribution is 0.0952. The first kappa shape index (κ1) is 22.0. The van der Waals surface area contributed by atoms with E-state index in [4.69, 9.17) is 0 Å². The molecule has 0 atom stereocenters. The highest BCUT2D eigenvalue weighted by atomic mass is 35.5. The van der Waals surface area contributed by atoms with Gasteiger partial charge in [-0.2, -0.15) is 5.10 Å². The molecule has 6 heteroatoms. The van der Waals surface area contributed by atoms with Crippen molar-refractivity contribution in [3.05, 3.63) is 17.5 Å². The van der Waals surface area contributed by atoms with Crippen LogP contribution in [0.4, 0.5) is 0 Å². The Morgan fingerprint density at radius 1 is 1.20 bits per heavy atom. The number of rotatable bonds is 6. The molecule has 0 bridgehead atoms. The molecule has 1 aromatic heterocycles. The van der Waals surface area contributed by atoms with Gasteiger partial charge in [0, 0.05) is 19.1 Å². The second-order valence-electron chi connectivity index (χ2n) is 7.84. The smallest absolute Gasteiger partial charge is 0.254 e. The van der Waals surface area contributed by atoms with Crippen molar-refractivity contribution in [1.29, 1.82) is 0 Å². The van der Waals surface area contributed by atoms with E-state index in [2.05, 4.69) is 43.4 Å². The van der Waals surface area contributed by atoms with Crippen LogP contribution in [-0.4, -0.2) is 34.8 Å². The predicted octanol–water partition coefficient (Wildman–Crippen LogP) is 3.66. The van der Waals surface area contributed by atoms with Crippen LogP contribution in [0.2, 0.25) is 0 Å². The maximum atomic E-state index is 12.5. The fraction of sp³-hybridized carbons (Fsp3) is 0.789. The minimum Gasteiger partial charge on any atom is -0.351 e. The summed E-state index contributed by atoms with van der Waals surface area (Å²) in [5.74, 6) is -0.00924. The summed E-state index contributed by atoms with van der Waals surface area (Å²) in [6.45, 7) is 9.90. The molecule has 0 unspecified atom stereocenters. The number of carbonyl (C=O) groups excluding carboxylic acids is 1.